The van der Waals surface area contributed by atoms with Crippen molar-refractivity contribution in [2.75, 3.05) is 26.7 Å². The van der Waals surface area contributed by atoms with Gasteiger partial charge in [0.1, 0.15) is 0 Å². The molecule has 3 amide bonds. The Morgan fingerprint density at radius 2 is 1.50 bits per heavy atom. The SMILES string of the molecule is CCCN(CCC)C(=O)C1CC(C(=O)NC(CC2CCC(O)CC2)C(O)CN(C)NC(=O)CC2CCCCC2)CC(S(N)(=O)=O)C1. The number of carbonyl (C=O) groups excluding carboxylic acids is 3. The number of amides is 3. The minimum Gasteiger partial charge on any atom is -0.393 e. The Hall–Kier alpha value is -1.80. The van der Waals surface area contributed by atoms with Gasteiger partial charge in [0, 0.05) is 44.9 Å². The van der Waals surface area contributed by atoms with Crippen molar-refractivity contribution in [1.29, 1.82) is 0 Å². The summed E-state index contributed by atoms with van der Waals surface area (Å²) >= 11 is 0. The molecule has 3 aliphatic carbocycles. The predicted octanol–water partition coefficient (Wildman–Crippen LogP) is 2.43. The van der Waals surface area contributed by atoms with E-state index in [4.69, 9.17) is 5.14 Å². The van der Waals surface area contributed by atoms with Gasteiger partial charge in [-0.25, -0.2) is 18.6 Å². The number of carbonyl (C=O) groups is 3. The highest BCUT2D eigenvalue weighted by Crippen LogP contribution is 2.35. The summed E-state index contributed by atoms with van der Waals surface area (Å²) in [6.07, 6.45) is 9.93. The topological polar surface area (TPSA) is 182 Å². The van der Waals surface area contributed by atoms with Crippen molar-refractivity contribution in [1.82, 2.24) is 20.7 Å². The van der Waals surface area contributed by atoms with Crippen LogP contribution in [-0.4, -0.2) is 96.4 Å². The zero-order chi connectivity index (χ0) is 33.9. The highest BCUT2D eigenvalue weighted by atomic mass is 32.2. The standard InChI is InChI=1S/C33H61N5O7S/c1-4-15-38(16-5-2)33(43)26-19-25(20-28(21-26)46(34,44)45)32(42)35-29(17-24-11-13-27(39)14-12-24)30(40)22-37(3)36-31(41)18-23-9-7-6-8-10-23/h23-30,39-40H,4-22H2,1-3H3,(H,35,42)(H,36,41)(H2,34,44,45). The van der Waals surface area contributed by atoms with E-state index in [2.05, 4.69) is 10.7 Å². The van der Waals surface area contributed by atoms with Crippen molar-refractivity contribution in [3.05, 3.63) is 0 Å². The first-order chi connectivity index (χ1) is 21.8. The second-order valence-electron chi connectivity index (χ2n) is 14.4. The van der Waals surface area contributed by atoms with Gasteiger partial charge in [0.2, 0.25) is 27.7 Å². The number of aliphatic hydroxyl groups excluding tert-OH is 2. The molecule has 3 rings (SSSR count). The number of hydrogen-bond acceptors (Lipinski definition) is 8. The molecule has 0 aromatic carbocycles. The van der Waals surface area contributed by atoms with E-state index in [1.54, 1.807) is 17.0 Å². The molecule has 0 bridgehead atoms. The van der Waals surface area contributed by atoms with E-state index in [-0.39, 0.29) is 49.6 Å². The Morgan fingerprint density at radius 3 is 2.09 bits per heavy atom. The lowest BCUT2D eigenvalue weighted by atomic mass is 9.79. The number of likely N-dealkylation sites (N-methyl/N-ethyl adjacent to an activating group) is 1. The molecule has 266 valence electrons. The lowest BCUT2D eigenvalue weighted by Gasteiger charge is -2.37. The van der Waals surface area contributed by atoms with Gasteiger partial charge < -0.3 is 20.4 Å². The van der Waals surface area contributed by atoms with Crippen molar-refractivity contribution in [2.45, 2.75) is 140 Å². The third-order valence-corrected chi connectivity index (χ3v) is 11.6. The molecule has 3 aliphatic rings. The van der Waals surface area contributed by atoms with E-state index < -0.39 is 45.2 Å². The van der Waals surface area contributed by atoms with Crippen LogP contribution in [0.25, 0.3) is 0 Å². The zero-order valence-electron chi connectivity index (χ0n) is 28.4. The van der Waals surface area contributed by atoms with Crippen LogP contribution in [0.1, 0.15) is 117 Å². The maximum Gasteiger partial charge on any atom is 0.234 e. The summed E-state index contributed by atoms with van der Waals surface area (Å²) in [5.74, 6) is -1.46. The molecule has 3 saturated carbocycles. The van der Waals surface area contributed by atoms with Gasteiger partial charge in [-0.1, -0.05) is 33.1 Å². The highest BCUT2D eigenvalue weighted by Gasteiger charge is 2.42. The maximum atomic E-state index is 13.8. The second kappa shape index (κ2) is 18.7. The number of nitrogens with one attached hydrogen (secondary N) is 2. The van der Waals surface area contributed by atoms with Crippen LogP contribution in [0, 0.1) is 23.7 Å². The van der Waals surface area contributed by atoms with Crippen molar-refractivity contribution < 1.29 is 33.0 Å². The fourth-order valence-corrected chi connectivity index (χ4v) is 8.80. The molecule has 12 nitrogen and oxygen atoms in total. The van der Waals surface area contributed by atoms with Crippen LogP contribution in [0.4, 0.5) is 0 Å². The van der Waals surface area contributed by atoms with Gasteiger partial charge in [-0.05, 0) is 88.9 Å². The molecule has 13 heteroatoms. The smallest absolute Gasteiger partial charge is 0.234 e. The van der Waals surface area contributed by atoms with E-state index in [1.165, 1.54) is 6.42 Å². The first-order valence-corrected chi connectivity index (χ1v) is 19.4. The van der Waals surface area contributed by atoms with Crippen LogP contribution in [0.5, 0.6) is 0 Å². The minimum atomic E-state index is -3.99. The first kappa shape index (κ1) is 38.6. The monoisotopic (exact) mass is 671 g/mol. The third kappa shape index (κ3) is 12.3. The fourth-order valence-electron chi connectivity index (χ4n) is 7.80. The Morgan fingerprint density at radius 1 is 0.891 bits per heavy atom. The number of hydrogen-bond donors (Lipinski definition) is 5. The lowest BCUT2D eigenvalue weighted by Crippen LogP contribution is -2.54. The van der Waals surface area contributed by atoms with Gasteiger partial charge in [0.05, 0.1) is 23.5 Å². The number of nitrogens with zero attached hydrogens (tertiary/aromatic N) is 2. The normalized spacial score (nSPS) is 27.5. The zero-order valence-corrected chi connectivity index (χ0v) is 29.2. The molecule has 0 radical (unpaired) electrons. The van der Waals surface area contributed by atoms with Gasteiger partial charge in [0.15, 0.2) is 0 Å². The Balaban J connectivity index is 1.71. The molecule has 0 aliphatic heterocycles. The molecule has 0 heterocycles. The predicted molar refractivity (Wildman–Crippen MR) is 177 cm³/mol. The van der Waals surface area contributed by atoms with Crippen LogP contribution in [0.15, 0.2) is 0 Å². The molecule has 3 fully saturated rings. The molecule has 46 heavy (non-hydrogen) atoms. The van der Waals surface area contributed by atoms with Crippen molar-refractivity contribution >= 4 is 27.7 Å². The summed E-state index contributed by atoms with van der Waals surface area (Å²) in [7, 11) is -2.29. The summed E-state index contributed by atoms with van der Waals surface area (Å²) in [4.78, 5) is 41.9. The van der Waals surface area contributed by atoms with Crippen molar-refractivity contribution in [2.24, 2.45) is 28.8 Å². The molecule has 0 spiro atoms. The minimum absolute atomic E-state index is 0.0194. The number of aliphatic hydroxyl groups is 2. The fraction of sp³-hybridized carbons (Fsp3) is 0.909. The quantitative estimate of drug-likeness (QED) is 0.155. The van der Waals surface area contributed by atoms with E-state index in [0.717, 1.165) is 51.4 Å². The van der Waals surface area contributed by atoms with Crippen LogP contribution in [-0.2, 0) is 24.4 Å². The highest BCUT2D eigenvalue weighted by molar-refractivity contribution is 7.89. The number of nitrogens with two attached hydrogens (primary N) is 1. The van der Waals surface area contributed by atoms with Crippen LogP contribution in [0.2, 0.25) is 0 Å². The first-order valence-electron chi connectivity index (χ1n) is 17.8. The molecular weight excluding hydrogens is 610 g/mol. The van der Waals surface area contributed by atoms with E-state index in [0.29, 0.717) is 44.7 Å². The number of rotatable bonds is 16. The lowest BCUT2D eigenvalue weighted by molar-refractivity contribution is -0.138. The molecule has 5 atom stereocenters. The Bertz CT molecular complexity index is 1070. The summed E-state index contributed by atoms with van der Waals surface area (Å²) in [6.45, 7) is 5.19. The molecule has 0 aromatic heterocycles. The van der Waals surface area contributed by atoms with E-state index in [9.17, 15) is 33.0 Å². The number of primary sulfonamides is 1. The molecule has 6 N–H and O–H groups in total. The van der Waals surface area contributed by atoms with Crippen LogP contribution >= 0.6 is 0 Å². The number of sulfonamides is 1. The molecule has 5 unspecified atom stereocenters. The number of hydrazine groups is 1. The van der Waals surface area contributed by atoms with Gasteiger partial charge in [-0.3, -0.25) is 19.8 Å². The Kier molecular flexibility index (Phi) is 15.7. The Labute approximate surface area is 276 Å². The average Bonchev–Trinajstić information content (AvgIpc) is 3.00. The average molecular weight is 672 g/mol. The van der Waals surface area contributed by atoms with Crippen molar-refractivity contribution in [3.8, 4) is 0 Å². The summed E-state index contributed by atoms with van der Waals surface area (Å²) in [6, 6.07) is -0.661. The third-order valence-electron chi connectivity index (χ3n) is 10.3. The largest absolute Gasteiger partial charge is 0.393 e. The molecule has 0 saturated heterocycles. The molecular formula is C33H61N5O7S. The van der Waals surface area contributed by atoms with Gasteiger partial charge >= 0.3 is 0 Å². The van der Waals surface area contributed by atoms with E-state index in [1.807, 2.05) is 13.8 Å². The second-order valence-corrected chi connectivity index (χ2v) is 16.2. The van der Waals surface area contributed by atoms with Gasteiger partial charge in [-0.15, -0.1) is 0 Å². The van der Waals surface area contributed by atoms with E-state index >= 15 is 0 Å². The van der Waals surface area contributed by atoms with Crippen molar-refractivity contribution in [3.63, 3.8) is 0 Å². The summed E-state index contributed by atoms with van der Waals surface area (Å²) < 4.78 is 25.0. The van der Waals surface area contributed by atoms with Gasteiger partial charge in [0.25, 0.3) is 0 Å². The van der Waals surface area contributed by atoms with Gasteiger partial charge in [-0.2, -0.15) is 0 Å². The van der Waals surface area contributed by atoms with Crippen LogP contribution < -0.4 is 15.9 Å². The summed E-state index contributed by atoms with van der Waals surface area (Å²) in [5, 5.41) is 30.6. The maximum absolute atomic E-state index is 13.8. The summed E-state index contributed by atoms with van der Waals surface area (Å²) in [5.41, 5.74) is 2.88. The van der Waals surface area contributed by atoms with Crippen LogP contribution in [0.3, 0.4) is 0 Å². The molecule has 0 aromatic rings.